The number of aryl methyl sites for hydroxylation is 1. The maximum atomic E-state index is 12.6. The lowest BCUT2D eigenvalue weighted by atomic mass is 10.00. The Balaban J connectivity index is 2.50. The number of benzene rings is 1. The number of H-pyrrole nitrogens is 1. The Hall–Kier alpha value is -2.56. The van der Waals surface area contributed by atoms with Gasteiger partial charge in [-0.15, -0.1) is 0 Å². The maximum absolute atomic E-state index is 12.6. The molecule has 25 heavy (non-hydrogen) atoms. The van der Waals surface area contributed by atoms with E-state index in [2.05, 4.69) is 4.98 Å². The molecule has 1 N–H and O–H groups in total. The fourth-order valence-electron chi connectivity index (χ4n) is 2.64. The summed E-state index contributed by atoms with van der Waals surface area (Å²) in [5, 5.41) is 0. The molecule has 0 aliphatic carbocycles. The Labute approximate surface area is 148 Å². The molecule has 1 aromatic heterocycles. The largest absolute Gasteiger partial charge is 0.462 e. The van der Waals surface area contributed by atoms with Gasteiger partial charge in [0.25, 0.3) is 0 Å². The van der Waals surface area contributed by atoms with Gasteiger partial charge in [-0.25, -0.2) is 9.59 Å². The first-order chi connectivity index (χ1) is 11.7. The van der Waals surface area contributed by atoms with Crippen LogP contribution in [-0.4, -0.2) is 29.1 Å². The van der Waals surface area contributed by atoms with Crippen molar-refractivity contribution in [3.63, 3.8) is 0 Å². The second-order valence-corrected chi connectivity index (χ2v) is 6.86. The van der Waals surface area contributed by atoms with Gasteiger partial charge in [0.1, 0.15) is 11.3 Å². The average molecular weight is 343 g/mol. The van der Waals surface area contributed by atoms with Gasteiger partial charge in [-0.2, -0.15) is 0 Å². The molecule has 0 saturated heterocycles. The van der Waals surface area contributed by atoms with Crippen LogP contribution in [0.15, 0.2) is 30.3 Å². The number of nitrogens with one attached hydrogen (secondary N) is 1. The van der Waals surface area contributed by atoms with Crippen molar-refractivity contribution in [1.82, 2.24) is 4.98 Å². The standard InChI is InChI=1S/C20H25NO4/c1-6-24-18(22)16-13(2)21-17(19(23)25-20(3,4)5)15(16)12-14-10-8-7-9-11-14/h7-11,21H,6,12H2,1-5H3. The number of hydrogen-bond donors (Lipinski definition) is 1. The maximum Gasteiger partial charge on any atom is 0.355 e. The zero-order valence-corrected chi connectivity index (χ0v) is 15.4. The Kier molecular flexibility index (Phi) is 5.67. The molecule has 1 aromatic carbocycles. The fourth-order valence-corrected chi connectivity index (χ4v) is 2.64. The van der Waals surface area contributed by atoms with E-state index >= 15 is 0 Å². The van der Waals surface area contributed by atoms with Gasteiger partial charge in [0.2, 0.25) is 0 Å². The third-order valence-corrected chi connectivity index (χ3v) is 3.60. The van der Waals surface area contributed by atoms with Crippen molar-refractivity contribution in [2.24, 2.45) is 0 Å². The van der Waals surface area contributed by atoms with E-state index in [-0.39, 0.29) is 6.61 Å². The van der Waals surface area contributed by atoms with E-state index in [9.17, 15) is 9.59 Å². The van der Waals surface area contributed by atoms with Crippen LogP contribution in [0.25, 0.3) is 0 Å². The Morgan fingerprint density at radius 2 is 1.72 bits per heavy atom. The number of ether oxygens (including phenoxy) is 2. The second-order valence-electron chi connectivity index (χ2n) is 6.86. The predicted molar refractivity (Wildman–Crippen MR) is 95.9 cm³/mol. The molecule has 0 saturated carbocycles. The third kappa shape index (κ3) is 4.72. The van der Waals surface area contributed by atoms with Crippen LogP contribution in [0.4, 0.5) is 0 Å². The molecule has 5 nitrogen and oxygen atoms in total. The summed E-state index contributed by atoms with van der Waals surface area (Å²) in [6.45, 7) is 9.22. The highest BCUT2D eigenvalue weighted by atomic mass is 16.6. The van der Waals surface area contributed by atoms with Gasteiger partial charge < -0.3 is 14.5 Å². The van der Waals surface area contributed by atoms with Crippen LogP contribution in [0.1, 0.15) is 65.4 Å². The minimum absolute atomic E-state index is 0.274. The highest BCUT2D eigenvalue weighted by Gasteiger charge is 2.28. The summed E-state index contributed by atoms with van der Waals surface area (Å²) in [5.41, 5.74) is 2.30. The molecule has 0 fully saturated rings. The lowest BCUT2D eigenvalue weighted by Gasteiger charge is -2.19. The average Bonchev–Trinajstić information content (AvgIpc) is 2.83. The van der Waals surface area contributed by atoms with Gasteiger partial charge in [0.15, 0.2) is 0 Å². The molecule has 0 unspecified atom stereocenters. The molecule has 0 atom stereocenters. The molecular formula is C20H25NO4. The number of hydrogen-bond acceptors (Lipinski definition) is 4. The number of carbonyl (C=O) groups excluding carboxylic acids is 2. The summed E-state index contributed by atoms with van der Waals surface area (Å²) in [4.78, 5) is 28.0. The van der Waals surface area contributed by atoms with Gasteiger partial charge in [-0.05, 0) is 40.2 Å². The van der Waals surface area contributed by atoms with Crippen LogP contribution >= 0.6 is 0 Å². The predicted octanol–water partition coefficient (Wildman–Crippen LogP) is 4.05. The molecule has 134 valence electrons. The van der Waals surface area contributed by atoms with Crippen molar-refractivity contribution in [3.05, 3.63) is 58.4 Å². The van der Waals surface area contributed by atoms with E-state index in [1.54, 1.807) is 13.8 Å². The Bertz CT molecular complexity index is 754. The van der Waals surface area contributed by atoms with Crippen molar-refractivity contribution in [2.75, 3.05) is 6.61 Å². The normalized spacial score (nSPS) is 11.2. The van der Waals surface area contributed by atoms with Crippen LogP contribution in [0.3, 0.4) is 0 Å². The molecule has 2 rings (SSSR count). The monoisotopic (exact) mass is 343 g/mol. The van der Waals surface area contributed by atoms with Crippen LogP contribution in [0.2, 0.25) is 0 Å². The van der Waals surface area contributed by atoms with Crippen LogP contribution in [-0.2, 0) is 15.9 Å². The van der Waals surface area contributed by atoms with Gasteiger partial charge >= 0.3 is 11.9 Å². The Morgan fingerprint density at radius 3 is 2.28 bits per heavy atom. The van der Waals surface area contributed by atoms with Crippen molar-refractivity contribution in [2.45, 2.75) is 46.6 Å². The summed E-state index contributed by atoms with van der Waals surface area (Å²) in [7, 11) is 0. The topological polar surface area (TPSA) is 68.4 Å². The van der Waals surface area contributed by atoms with Crippen molar-refractivity contribution >= 4 is 11.9 Å². The molecule has 0 aliphatic heterocycles. The number of rotatable bonds is 5. The SMILES string of the molecule is CCOC(=O)c1c(C)[nH]c(C(=O)OC(C)(C)C)c1Cc1ccccc1. The van der Waals surface area contributed by atoms with E-state index in [1.165, 1.54) is 0 Å². The lowest BCUT2D eigenvalue weighted by molar-refractivity contribution is 0.00623. The molecule has 0 radical (unpaired) electrons. The Morgan fingerprint density at radius 1 is 1.08 bits per heavy atom. The molecule has 0 aliphatic rings. The fraction of sp³-hybridized carbons (Fsp3) is 0.400. The number of aromatic nitrogens is 1. The van der Waals surface area contributed by atoms with Crippen LogP contribution < -0.4 is 0 Å². The van der Waals surface area contributed by atoms with Crippen LogP contribution in [0.5, 0.6) is 0 Å². The van der Waals surface area contributed by atoms with Crippen molar-refractivity contribution in [3.8, 4) is 0 Å². The molecule has 5 heteroatoms. The molecule has 1 heterocycles. The molecular weight excluding hydrogens is 318 g/mol. The first kappa shape index (κ1) is 18.8. The van der Waals surface area contributed by atoms with E-state index in [0.29, 0.717) is 28.9 Å². The molecule has 0 bridgehead atoms. The highest BCUT2D eigenvalue weighted by molar-refractivity contribution is 5.99. The van der Waals surface area contributed by atoms with E-state index in [1.807, 2.05) is 51.1 Å². The highest BCUT2D eigenvalue weighted by Crippen LogP contribution is 2.25. The second kappa shape index (κ2) is 7.55. The molecule has 0 spiro atoms. The number of aromatic amines is 1. The zero-order valence-electron chi connectivity index (χ0n) is 15.4. The smallest absolute Gasteiger partial charge is 0.355 e. The van der Waals surface area contributed by atoms with E-state index in [4.69, 9.17) is 9.47 Å². The molecule has 2 aromatic rings. The zero-order chi connectivity index (χ0) is 18.6. The minimum Gasteiger partial charge on any atom is -0.462 e. The minimum atomic E-state index is -0.621. The van der Waals surface area contributed by atoms with E-state index < -0.39 is 17.5 Å². The number of carbonyl (C=O) groups is 2. The van der Waals surface area contributed by atoms with Gasteiger partial charge in [-0.1, -0.05) is 30.3 Å². The van der Waals surface area contributed by atoms with Gasteiger partial charge in [-0.3, -0.25) is 0 Å². The summed E-state index contributed by atoms with van der Waals surface area (Å²) < 4.78 is 10.7. The molecule has 0 amide bonds. The summed E-state index contributed by atoms with van der Waals surface area (Å²) in [5.74, 6) is -0.908. The van der Waals surface area contributed by atoms with Crippen molar-refractivity contribution < 1.29 is 19.1 Å². The lowest BCUT2D eigenvalue weighted by Crippen LogP contribution is -2.25. The first-order valence-electron chi connectivity index (χ1n) is 8.38. The summed E-state index contributed by atoms with van der Waals surface area (Å²) in [6.07, 6.45) is 0.438. The first-order valence-corrected chi connectivity index (χ1v) is 8.38. The number of esters is 2. The van der Waals surface area contributed by atoms with E-state index in [0.717, 1.165) is 5.56 Å². The van der Waals surface area contributed by atoms with Gasteiger partial charge in [0.05, 0.1) is 12.2 Å². The quantitative estimate of drug-likeness (QED) is 0.832. The van der Waals surface area contributed by atoms with Crippen molar-refractivity contribution in [1.29, 1.82) is 0 Å². The third-order valence-electron chi connectivity index (χ3n) is 3.60. The van der Waals surface area contributed by atoms with Gasteiger partial charge in [0, 0.05) is 17.7 Å². The summed E-state index contributed by atoms with van der Waals surface area (Å²) >= 11 is 0. The summed E-state index contributed by atoms with van der Waals surface area (Å²) in [6, 6.07) is 9.68. The van der Waals surface area contributed by atoms with Crippen LogP contribution in [0, 0.1) is 6.92 Å².